The molecular weight excluding hydrogens is 314 g/mol. The Bertz CT molecular complexity index is 914. The second-order valence-corrected chi connectivity index (χ2v) is 5.63. The fourth-order valence-corrected chi connectivity index (χ4v) is 2.36. The van der Waals surface area contributed by atoms with Crippen LogP contribution in [0, 0.1) is 0 Å². The molecule has 0 fully saturated rings. The molecule has 24 heavy (non-hydrogen) atoms. The summed E-state index contributed by atoms with van der Waals surface area (Å²) in [4.78, 5) is 28.3. The number of aliphatic imine (C=N–C) groups is 1. The Labute approximate surface area is 137 Å². The minimum atomic E-state index is -0.943. The van der Waals surface area contributed by atoms with Gasteiger partial charge in [-0.3, -0.25) is 4.79 Å². The summed E-state index contributed by atoms with van der Waals surface area (Å²) in [5.74, 6) is -0.243. The van der Waals surface area contributed by atoms with Crippen LogP contribution in [0.3, 0.4) is 0 Å². The van der Waals surface area contributed by atoms with E-state index >= 15 is 0 Å². The van der Waals surface area contributed by atoms with Gasteiger partial charge in [0.2, 0.25) is 5.88 Å². The van der Waals surface area contributed by atoms with Crippen LogP contribution in [0.15, 0.2) is 40.1 Å². The Morgan fingerprint density at radius 1 is 1.29 bits per heavy atom. The van der Waals surface area contributed by atoms with Crippen molar-refractivity contribution in [2.45, 2.75) is 19.6 Å². The van der Waals surface area contributed by atoms with Gasteiger partial charge in [0, 0.05) is 12.1 Å². The molecule has 1 N–H and O–H groups in total. The van der Waals surface area contributed by atoms with Crippen LogP contribution in [0.5, 0.6) is 11.6 Å². The Balaban J connectivity index is 2.25. The fourth-order valence-electron chi connectivity index (χ4n) is 2.36. The van der Waals surface area contributed by atoms with Crippen molar-refractivity contribution in [2.24, 2.45) is 4.99 Å². The molecule has 1 aliphatic heterocycles. The van der Waals surface area contributed by atoms with Crippen LogP contribution < -0.4 is 10.3 Å². The molecule has 3 rings (SSSR count). The molecule has 0 radical (unpaired) electrons. The quantitative estimate of drug-likeness (QED) is 0.788. The van der Waals surface area contributed by atoms with E-state index in [4.69, 9.17) is 9.47 Å². The smallest absolute Gasteiger partial charge is 0.337 e. The van der Waals surface area contributed by atoms with Crippen molar-refractivity contribution in [2.75, 3.05) is 7.11 Å². The van der Waals surface area contributed by atoms with E-state index in [2.05, 4.69) is 10.1 Å². The maximum Gasteiger partial charge on any atom is 0.337 e. The third kappa shape index (κ3) is 2.73. The van der Waals surface area contributed by atoms with Crippen molar-refractivity contribution in [3.63, 3.8) is 0 Å². The number of esters is 1. The zero-order valence-electron chi connectivity index (χ0n) is 13.3. The molecule has 0 saturated carbocycles. The predicted molar refractivity (Wildman–Crippen MR) is 84.6 cm³/mol. The summed E-state index contributed by atoms with van der Waals surface area (Å²) >= 11 is 0. The van der Waals surface area contributed by atoms with E-state index in [0.29, 0.717) is 11.3 Å². The molecule has 2 heterocycles. The molecule has 0 bridgehead atoms. The first-order chi connectivity index (χ1) is 11.3. The van der Waals surface area contributed by atoms with Gasteiger partial charge in [-0.15, -0.1) is 5.10 Å². The molecule has 1 aromatic carbocycles. The number of hydrogen-bond acceptors (Lipinski definition) is 7. The maximum atomic E-state index is 12.1. The van der Waals surface area contributed by atoms with Gasteiger partial charge < -0.3 is 14.6 Å². The Hall–Kier alpha value is -3.16. The predicted octanol–water partition coefficient (Wildman–Crippen LogP) is 1.16. The van der Waals surface area contributed by atoms with Gasteiger partial charge in [0.1, 0.15) is 5.75 Å². The Morgan fingerprint density at radius 2 is 2.04 bits per heavy atom. The van der Waals surface area contributed by atoms with Crippen LogP contribution in [0.4, 0.5) is 0 Å². The number of ether oxygens (including phenoxy) is 2. The van der Waals surface area contributed by atoms with Crippen molar-refractivity contribution >= 4 is 11.8 Å². The van der Waals surface area contributed by atoms with Gasteiger partial charge >= 0.3 is 5.97 Å². The molecule has 0 atom stereocenters. The van der Waals surface area contributed by atoms with Gasteiger partial charge in [-0.05, 0) is 32.0 Å². The molecule has 1 aromatic heterocycles. The van der Waals surface area contributed by atoms with E-state index in [-0.39, 0.29) is 17.3 Å². The van der Waals surface area contributed by atoms with E-state index in [1.54, 1.807) is 26.0 Å². The number of fused-ring (bicyclic) bond motifs is 1. The third-order valence-electron chi connectivity index (χ3n) is 3.36. The van der Waals surface area contributed by atoms with Crippen LogP contribution in [-0.4, -0.2) is 39.5 Å². The summed E-state index contributed by atoms with van der Waals surface area (Å²) in [6.45, 7) is 3.44. The van der Waals surface area contributed by atoms with Crippen molar-refractivity contribution in [1.82, 2.24) is 9.78 Å². The number of methoxy groups -OCH3 is 1. The normalized spacial score (nSPS) is 15.0. The average molecular weight is 329 g/mol. The van der Waals surface area contributed by atoms with E-state index in [0.717, 1.165) is 4.68 Å². The van der Waals surface area contributed by atoms with Crippen LogP contribution in [0.2, 0.25) is 0 Å². The number of rotatable bonds is 1. The van der Waals surface area contributed by atoms with Crippen LogP contribution in [-0.2, 0) is 4.74 Å². The third-order valence-corrected chi connectivity index (χ3v) is 3.36. The zero-order chi connectivity index (χ0) is 17.5. The molecule has 0 amide bonds. The molecule has 8 heteroatoms. The highest BCUT2D eigenvalue weighted by molar-refractivity contribution is 6.05. The first-order valence-electron chi connectivity index (χ1n) is 7.12. The van der Waals surface area contributed by atoms with E-state index < -0.39 is 17.3 Å². The van der Waals surface area contributed by atoms with Crippen molar-refractivity contribution < 1.29 is 19.4 Å². The number of benzene rings is 1. The summed E-state index contributed by atoms with van der Waals surface area (Å²) in [5, 5.41) is 13.4. The largest absolute Gasteiger partial charge is 0.492 e. The Kier molecular flexibility index (Phi) is 3.59. The highest BCUT2D eigenvalue weighted by atomic mass is 16.5. The van der Waals surface area contributed by atoms with E-state index in [9.17, 15) is 14.7 Å². The SMILES string of the molecule is COC(=O)c1ccc2c(c1)C(n1nc(O)ccc1=O)=NC(C)(C)O2. The molecule has 0 saturated heterocycles. The lowest BCUT2D eigenvalue weighted by Crippen LogP contribution is -2.38. The number of hydrogen-bond donors (Lipinski definition) is 1. The maximum absolute atomic E-state index is 12.1. The molecule has 0 spiro atoms. The average Bonchev–Trinajstić information content (AvgIpc) is 2.54. The van der Waals surface area contributed by atoms with Gasteiger partial charge in [0.05, 0.1) is 18.2 Å². The highest BCUT2D eigenvalue weighted by Gasteiger charge is 2.30. The van der Waals surface area contributed by atoms with Gasteiger partial charge in [0.25, 0.3) is 5.56 Å². The first-order valence-corrected chi connectivity index (χ1v) is 7.12. The lowest BCUT2D eigenvalue weighted by molar-refractivity contribution is 0.0600. The summed E-state index contributed by atoms with van der Waals surface area (Å²) in [5.41, 5.74) is -0.738. The standard InChI is InChI=1S/C16H15N3O5/c1-16(2)17-14(19-13(21)7-6-12(20)18-19)10-8-9(15(22)23-3)4-5-11(10)24-16/h4-8H,1-3H3,(H,18,20). The van der Waals surface area contributed by atoms with Crippen molar-refractivity contribution in [3.05, 3.63) is 51.8 Å². The van der Waals surface area contributed by atoms with Gasteiger partial charge in [-0.2, -0.15) is 4.68 Å². The van der Waals surface area contributed by atoms with Crippen molar-refractivity contribution in [1.29, 1.82) is 0 Å². The molecule has 124 valence electrons. The number of carbonyl (C=O) groups is 1. The van der Waals surface area contributed by atoms with Gasteiger partial charge in [0.15, 0.2) is 11.6 Å². The first kappa shape index (κ1) is 15.7. The van der Waals surface area contributed by atoms with Crippen LogP contribution >= 0.6 is 0 Å². The number of aromatic nitrogens is 2. The highest BCUT2D eigenvalue weighted by Crippen LogP contribution is 2.31. The second-order valence-electron chi connectivity index (χ2n) is 5.63. The molecule has 2 aromatic rings. The lowest BCUT2D eigenvalue weighted by Gasteiger charge is -2.30. The van der Waals surface area contributed by atoms with Crippen LogP contribution in [0.25, 0.3) is 0 Å². The minimum Gasteiger partial charge on any atom is -0.492 e. The molecule has 0 aliphatic carbocycles. The summed E-state index contributed by atoms with van der Waals surface area (Å²) in [6, 6.07) is 7.04. The number of nitrogens with zero attached hydrogens (tertiary/aromatic N) is 3. The van der Waals surface area contributed by atoms with Crippen molar-refractivity contribution in [3.8, 4) is 11.6 Å². The topological polar surface area (TPSA) is 103 Å². The summed E-state index contributed by atoms with van der Waals surface area (Å²) < 4.78 is 11.4. The Morgan fingerprint density at radius 3 is 2.75 bits per heavy atom. The van der Waals surface area contributed by atoms with Gasteiger partial charge in [-0.1, -0.05) is 0 Å². The summed E-state index contributed by atoms with van der Waals surface area (Å²) in [7, 11) is 1.28. The van der Waals surface area contributed by atoms with Gasteiger partial charge in [-0.25, -0.2) is 9.79 Å². The minimum absolute atomic E-state index is 0.174. The number of carbonyl (C=O) groups excluding carboxylic acids is 1. The molecule has 1 aliphatic rings. The zero-order valence-corrected chi connectivity index (χ0v) is 13.3. The van der Waals surface area contributed by atoms with E-state index in [1.165, 1.54) is 25.3 Å². The monoisotopic (exact) mass is 329 g/mol. The summed E-state index contributed by atoms with van der Waals surface area (Å²) in [6.07, 6.45) is 0. The van der Waals surface area contributed by atoms with Crippen LogP contribution in [0.1, 0.15) is 29.8 Å². The molecular formula is C16H15N3O5. The lowest BCUT2D eigenvalue weighted by atomic mass is 10.1. The molecule has 0 unspecified atom stereocenters. The molecule has 8 nitrogen and oxygen atoms in total. The fraction of sp³-hybridized carbons (Fsp3) is 0.250. The van der Waals surface area contributed by atoms with E-state index in [1.807, 2.05) is 0 Å². The number of aromatic hydroxyl groups is 1. The second kappa shape index (κ2) is 5.48.